The van der Waals surface area contributed by atoms with Gasteiger partial charge in [0.15, 0.2) is 0 Å². The lowest BCUT2D eigenvalue weighted by molar-refractivity contribution is -0.384. The molecule has 1 aromatic carbocycles. The molecule has 0 fully saturated rings. The van der Waals surface area contributed by atoms with Crippen LogP contribution in [0.2, 0.25) is 0 Å². The van der Waals surface area contributed by atoms with Gasteiger partial charge < -0.3 is 16.0 Å². The van der Waals surface area contributed by atoms with Crippen molar-refractivity contribution < 1.29 is 14.5 Å². The Morgan fingerprint density at radius 2 is 2.05 bits per heavy atom. The van der Waals surface area contributed by atoms with E-state index < -0.39 is 4.92 Å². The maximum atomic E-state index is 11.6. The Hall–Kier alpha value is -2.64. The number of hydrogen-bond acceptors (Lipinski definition) is 5. The first-order valence-electron chi connectivity index (χ1n) is 6.00. The number of anilines is 1. The van der Waals surface area contributed by atoms with Crippen molar-refractivity contribution in [3.05, 3.63) is 33.9 Å². The Morgan fingerprint density at radius 3 is 2.60 bits per heavy atom. The fourth-order valence-corrected chi connectivity index (χ4v) is 1.50. The third-order valence-corrected chi connectivity index (χ3v) is 2.51. The van der Waals surface area contributed by atoms with E-state index in [-0.39, 0.29) is 35.3 Å². The molecule has 0 aliphatic heterocycles. The van der Waals surface area contributed by atoms with E-state index in [1.807, 2.05) is 0 Å². The number of carbonyl (C=O) groups excluding carboxylic acids is 2. The summed E-state index contributed by atoms with van der Waals surface area (Å²) in [6.07, 6.45) is 0. The van der Waals surface area contributed by atoms with Gasteiger partial charge in [-0.1, -0.05) is 0 Å². The zero-order valence-electron chi connectivity index (χ0n) is 11.2. The van der Waals surface area contributed by atoms with E-state index in [2.05, 4.69) is 16.0 Å². The largest absolute Gasteiger partial charge is 0.371 e. The van der Waals surface area contributed by atoms with Crippen LogP contribution in [-0.4, -0.2) is 36.9 Å². The normalized spacial score (nSPS) is 9.70. The molecule has 0 heterocycles. The van der Waals surface area contributed by atoms with Crippen LogP contribution >= 0.6 is 0 Å². The Balaban J connectivity index is 2.99. The molecule has 0 unspecified atom stereocenters. The summed E-state index contributed by atoms with van der Waals surface area (Å²) in [6.45, 7) is 2.10. The van der Waals surface area contributed by atoms with Crippen LogP contribution in [0.4, 0.5) is 11.4 Å². The molecule has 0 aliphatic rings. The summed E-state index contributed by atoms with van der Waals surface area (Å²) in [5.41, 5.74) is 0.133. The van der Waals surface area contributed by atoms with Gasteiger partial charge in [0.05, 0.1) is 11.5 Å². The van der Waals surface area contributed by atoms with Gasteiger partial charge in [-0.05, 0) is 19.1 Å². The Labute approximate surface area is 115 Å². The minimum atomic E-state index is -0.602. The summed E-state index contributed by atoms with van der Waals surface area (Å²) in [5, 5.41) is 18.6. The third-order valence-electron chi connectivity index (χ3n) is 2.51. The molecular formula is C12H16N4O4. The van der Waals surface area contributed by atoms with Crippen molar-refractivity contribution in [2.75, 3.05) is 25.5 Å². The summed E-state index contributed by atoms with van der Waals surface area (Å²) in [5.74, 6) is -0.680. The average Bonchev–Trinajstić information content (AvgIpc) is 2.44. The molecule has 8 nitrogen and oxygen atoms in total. The first-order chi connectivity index (χ1) is 9.49. The highest BCUT2D eigenvalue weighted by molar-refractivity contribution is 5.95. The highest BCUT2D eigenvalue weighted by Gasteiger charge is 2.17. The van der Waals surface area contributed by atoms with E-state index in [4.69, 9.17) is 0 Å². The zero-order chi connectivity index (χ0) is 15.1. The summed E-state index contributed by atoms with van der Waals surface area (Å²) in [6, 6.07) is 4.05. The molecule has 0 aliphatic carbocycles. The fraction of sp³-hybridized carbons (Fsp3) is 0.333. The van der Waals surface area contributed by atoms with Crippen molar-refractivity contribution in [3.8, 4) is 0 Å². The second kappa shape index (κ2) is 7.07. The predicted molar refractivity (Wildman–Crippen MR) is 73.7 cm³/mol. The van der Waals surface area contributed by atoms with E-state index in [0.29, 0.717) is 6.54 Å². The van der Waals surface area contributed by atoms with Crippen molar-refractivity contribution in [2.24, 2.45) is 0 Å². The SMILES string of the molecule is CCNC(=O)c1ccc(NCC(=O)NC)c([N+](=O)[O-])c1. The quantitative estimate of drug-likeness (QED) is 0.519. The number of nitrogens with one attached hydrogen (secondary N) is 3. The van der Waals surface area contributed by atoms with Crippen molar-refractivity contribution in [3.63, 3.8) is 0 Å². The second-order valence-corrected chi connectivity index (χ2v) is 3.88. The van der Waals surface area contributed by atoms with Gasteiger partial charge >= 0.3 is 0 Å². The van der Waals surface area contributed by atoms with Gasteiger partial charge in [0.2, 0.25) is 5.91 Å². The Morgan fingerprint density at radius 1 is 1.35 bits per heavy atom. The summed E-state index contributed by atoms with van der Waals surface area (Å²) >= 11 is 0. The lowest BCUT2D eigenvalue weighted by Gasteiger charge is -2.08. The topological polar surface area (TPSA) is 113 Å². The number of amides is 2. The minimum absolute atomic E-state index is 0.0855. The molecule has 3 N–H and O–H groups in total. The van der Waals surface area contributed by atoms with E-state index in [0.717, 1.165) is 0 Å². The summed E-state index contributed by atoms with van der Waals surface area (Å²) in [7, 11) is 1.47. The lowest BCUT2D eigenvalue weighted by Crippen LogP contribution is -2.26. The molecule has 0 radical (unpaired) electrons. The van der Waals surface area contributed by atoms with Crippen LogP contribution in [0.1, 0.15) is 17.3 Å². The van der Waals surface area contributed by atoms with Crippen molar-refractivity contribution >= 4 is 23.2 Å². The van der Waals surface area contributed by atoms with Crippen molar-refractivity contribution in [1.29, 1.82) is 0 Å². The van der Waals surface area contributed by atoms with Crippen molar-refractivity contribution in [2.45, 2.75) is 6.92 Å². The van der Waals surface area contributed by atoms with E-state index >= 15 is 0 Å². The summed E-state index contributed by atoms with van der Waals surface area (Å²) in [4.78, 5) is 33.1. The van der Waals surface area contributed by atoms with Gasteiger partial charge in [-0.15, -0.1) is 0 Å². The van der Waals surface area contributed by atoms with E-state index in [9.17, 15) is 19.7 Å². The molecule has 1 aromatic rings. The smallest absolute Gasteiger partial charge is 0.293 e. The third kappa shape index (κ3) is 3.94. The standard InChI is InChI=1S/C12H16N4O4/c1-3-14-12(18)8-4-5-9(10(6-8)16(19)20)15-7-11(17)13-2/h4-6,15H,3,7H2,1-2H3,(H,13,17)(H,14,18). The van der Waals surface area contributed by atoms with Crippen LogP contribution in [0, 0.1) is 10.1 Å². The highest BCUT2D eigenvalue weighted by atomic mass is 16.6. The molecule has 0 atom stereocenters. The Kier molecular flexibility index (Phi) is 5.45. The zero-order valence-corrected chi connectivity index (χ0v) is 11.2. The van der Waals surface area contributed by atoms with Gasteiger partial charge in [-0.3, -0.25) is 19.7 Å². The van der Waals surface area contributed by atoms with Gasteiger partial charge in [0.1, 0.15) is 5.69 Å². The number of nitrogens with zero attached hydrogens (tertiary/aromatic N) is 1. The summed E-state index contributed by atoms with van der Waals surface area (Å²) < 4.78 is 0. The first-order valence-corrected chi connectivity index (χ1v) is 6.00. The molecular weight excluding hydrogens is 264 g/mol. The fourth-order valence-electron chi connectivity index (χ4n) is 1.50. The maximum Gasteiger partial charge on any atom is 0.293 e. The van der Waals surface area contributed by atoms with Crippen LogP contribution < -0.4 is 16.0 Å². The van der Waals surface area contributed by atoms with Gasteiger partial charge in [-0.2, -0.15) is 0 Å². The molecule has 8 heteroatoms. The van der Waals surface area contributed by atoms with Crippen LogP contribution in [-0.2, 0) is 4.79 Å². The van der Waals surface area contributed by atoms with Gasteiger partial charge in [0.25, 0.3) is 11.6 Å². The molecule has 1 rings (SSSR count). The van der Waals surface area contributed by atoms with E-state index in [1.165, 1.54) is 25.2 Å². The number of hydrogen-bond donors (Lipinski definition) is 3. The number of nitro groups is 1. The molecule has 108 valence electrons. The van der Waals surface area contributed by atoms with Crippen LogP contribution in [0.25, 0.3) is 0 Å². The monoisotopic (exact) mass is 280 g/mol. The molecule has 20 heavy (non-hydrogen) atoms. The van der Waals surface area contributed by atoms with E-state index in [1.54, 1.807) is 6.92 Å². The number of rotatable bonds is 6. The molecule has 0 saturated carbocycles. The minimum Gasteiger partial charge on any atom is -0.371 e. The van der Waals surface area contributed by atoms with Crippen LogP contribution in [0.5, 0.6) is 0 Å². The number of nitro benzene ring substituents is 1. The maximum absolute atomic E-state index is 11.6. The number of likely N-dealkylation sites (N-methyl/N-ethyl adjacent to an activating group) is 1. The second-order valence-electron chi connectivity index (χ2n) is 3.88. The molecule has 0 spiro atoms. The number of carbonyl (C=O) groups is 2. The highest BCUT2D eigenvalue weighted by Crippen LogP contribution is 2.25. The molecule has 0 aromatic heterocycles. The molecule has 0 bridgehead atoms. The van der Waals surface area contributed by atoms with Crippen molar-refractivity contribution in [1.82, 2.24) is 10.6 Å². The Bertz CT molecular complexity index is 530. The van der Waals surface area contributed by atoms with Crippen LogP contribution in [0.3, 0.4) is 0 Å². The van der Waals surface area contributed by atoms with Gasteiger partial charge in [-0.25, -0.2) is 0 Å². The molecule has 0 saturated heterocycles. The average molecular weight is 280 g/mol. The van der Waals surface area contributed by atoms with Crippen LogP contribution in [0.15, 0.2) is 18.2 Å². The predicted octanol–water partition coefficient (Wildman–Crippen LogP) is 0.502. The lowest BCUT2D eigenvalue weighted by atomic mass is 10.1. The molecule has 2 amide bonds. The number of benzene rings is 1. The van der Waals surface area contributed by atoms with Gasteiger partial charge in [0, 0.05) is 25.2 Å². The first kappa shape index (κ1) is 15.4.